The lowest BCUT2D eigenvalue weighted by atomic mass is 9.88. The van der Waals surface area contributed by atoms with Gasteiger partial charge in [-0.05, 0) is 50.9 Å². The monoisotopic (exact) mass is 257 g/mol. The predicted molar refractivity (Wildman–Crippen MR) is 76.4 cm³/mol. The Balaban J connectivity index is 1.66. The van der Waals surface area contributed by atoms with Crippen LogP contribution in [0.1, 0.15) is 68.8 Å². The zero-order chi connectivity index (χ0) is 12.8. The molecule has 1 aromatic rings. The van der Waals surface area contributed by atoms with Crippen LogP contribution in [0.2, 0.25) is 0 Å². The van der Waals surface area contributed by atoms with Crippen LogP contribution in [-0.2, 0) is 0 Å². The SMILES string of the molecule is CCNc1cc(C2CC2)nc(C2CC3CCC2C3)n1. The van der Waals surface area contributed by atoms with Crippen molar-refractivity contribution in [2.24, 2.45) is 11.8 Å². The van der Waals surface area contributed by atoms with Crippen molar-refractivity contribution in [2.45, 2.75) is 57.3 Å². The highest BCUT2D eigenvalue weighted by Gasteiger charge is 2.42. The summed E-state index contributed by atoms with van der Waals surface area (Å²) < 4.78 is 0. The average Bonchev–Trinajstić information content (AvgIpc) is 3.07. The molecule has 0 radical (unpaired) electrons. The Labute approximate surface area is 115 Å². The van der Waals surface area contributed by atoms with E-state index in [9.17, 15) is 0 Å². The van der Waals surface area contributed by atoms with Gasteiger partial charge in [-0.1, -0.05) is 6.42 Å². The molecule has 19 heavy (non-hydrogen) atoms. The summed E-state index contributed by atoms with van der Waals surface area (Å²) in [6.45, 7) is 3.08. The van der Waals surface area contributed by atoms with Crippen LogP contribution in [0.25, 0.3) is 0 Å². The standard InChI is InChI=1S/C16H23N3/c1-2-17-15-9-14(11-5-6-11)18-16(19-15)13-8-10-3-4-12(13)7-10/h9-13H,2-8H2,1H3,(H,17,18,19). The molecule has 3 unspecified atom stereocenters. The number of nitrogens with zero attached hydrogens (tertiary/aromatic N) is 2. The second kappa shape index (κ2) is 4.46. The van der Waals surface area contributed by atoms with E-state index < -0.39 is 0 Å². The maximum Gasteiger partial charge on any atom is 0.134 e. The van der Waals surface area contributed by atoms with Gasteiger partial charge in [0.05, 0.1) is 0 Å². The number of hydrogen-bond acceptors (Lipinski definition) is 3. The van der Waals surface area contributed by atoms with E-state index in [0.717, 1.165) is 35.9 Å². The first kappa shape index (κ1) is 11.7. The minimum atomic E-state index is 0.648. The van der Waals surface area contributed by atoms with Gasteiger partial charge in [0.15, 0.2) is 0 Å². The van der Waals surface area contributed by atoms with E-state index in [4.69, 9.17) is 9.97 Å². The van der Waals surface area contributed by atoms with Gasteiger partial charge in [0, 0.05) is 30.1 Å². The molecule has 3 saturated carbocycles. The second-order valence-electron chi connectivity index (χ2n) is 6.62. The molecule has 0 amide bonds. The van der Waals surface area contributed by atoms with Crippen molar-refractivity contribution in [2.75, 3.05) is 11.9 Å². The Bertz CT molecular complexity index is 481. The van der Waals surface area contributed by atoms with Crippen LogP contribution in [-0.4, -0.2) is 16.5 Å². The minimum absolute atomic E-state index is 0.648. The van der Waals surface area contributed by atoms with Gasteiger partial charge in [-0.3, -0.25) is 0 Å². The first-order valence-electron chi connectivity index (χ1n) is 7.96. The van der Waals surface area contributed by atoms with Crippen LogP contribution in [0.3, 0.4) is 0 Å². The summed E-state index contributed by atoms with van der Waals surface area (Å²) in [6.07, 6.45) is 8.26. The minimum Gasteiger partial charge on any atom is -0.370 e. The van der Waals surface area contributed by atoms with Gasteiger partial charge in [0.25, 0.3) is 0 Å². The van der Waals surface area contributed by atoms with E-state index in [2.05, 4.69) is 18.3 Å². The molecular weight excluding hydrogens is 234 g/mol. The van der Waals surface area contributed by atoms with Crippen LogP contribution in [0.4, 0.5) is 5.82 Å². The van der Waals surface area contributed by atoms with E-state index in [1.165, 1.54) is 44.2 Å². The zero-order valence-corrected chi connectivity index (χ0v) is 11.7. The summed E-state index contributed by atoms with van der Waals surface area (Å²) in [4.78, 5) is 9.74. The van der Waals surface area contributed by atoms with Gasteiger partial charge in [-0.25, -0.2) is 9.97 Å². The Morgan fingerprint density at radius 2 is 2.05 bits per heavy atom. The summed E-state index contributed by atoms with van der Waals surface area (Å²) in [6, 6.07) is 2.18. The average molecular weight is 257 g/mol. The van der Waals surface area contributed by atoms with Crippen molar-refractivity contribution >= 4 is 5.82 Å². The first-order valence-corrected chi connectivity index (χ1v) is 7.96. The van der Waals surface area contributed by atoms with E-state index >= 15 is 0 Å². The Kier molecular flexibility index (Phi) is 2.75. The quantitative estimate of drug-likeness (QED) is 0.894. The van der Waals surface area contributed by atoms with E-state index in [0.29, 0.717) is 5.92 Å². The van der Waals surface area contributed by atoms with Crippen molar-refractivity contribution in [3.63, 3.8) is 0 Å². The maximum atomic E-state index is 4.93. The lowest BCUT2D eigenvalue weighted by Gasteiger charge is -2.21. The zero-order valence-electron chi connectivity index (χ0n) is 11.7. The molecule has 3 atom stereocenters. The number of rotatable bonds is 4. The summed E-state index contributed by atoms with van der Waals surface area (Å²) in [5.41, 5.74) is 1.30. The maximum absolute atomic E-state index is 4.93. The number of aromatic nitrogens is 2. The lowest BCUT2D eigenvalue weighted by molar-refractivity contribution is 0.404. The molecule has 1 N–H and O–H groups in total. The molecule has 1 aromatic heterocycles. The topological polar surface area (TPSA) is 37.8 Å². The van der Waals surface area contributed by atoms with E-state index in [1.54, 1.807) is 0 Å². The van der Waals surface area contributed by atoms with Crippen LogP contribution in [0.5, 0.6) is 0 Å². The van der Waals surface area contributed by atoms with Crippen molar-refractivity contribution in [3.05, 3.63) is 17.6 Å². The Morgan fingerprint density at radius 3 is 2.68 bits per heavy atom. The molecule has 1 heterocycles. The van der Waals surface area contributed by atoms with E-state index in [-0.39, 0.29) is 0 Å². The Morgan fingerprint density at radius 1 is 1.16 bits per heavy atom. The molecule has 3 fully saturated rings. The molecule has 3 nitrogen and oxygen atoms in total. The molecule has 0 saturated heterocycles. The van der Waals surface area contributed by atoms with Crippen molar-refractivity contribution in [1.82, 2.24) is 9.97 Å². The molecule has 0 aliphatic heterocycles. The highest BCUT2D eigenvalue weighted by molar-refractivity contribution is 5.38. The van der Waals surface area contributed by atoms with Gasteiger partial charge >= 0.3 is 0 Å². The second-order valence-corrected chi connectivity index (χ2v) is 6.62. The Hall–Kier alpha value is -1.12. The molecule has 102 valence electrons. The fourth-order valence-corrected chi connectivity index (χ4v) is 4.07. The largest absolute Gasteiger partial charge is 0.370 e. The molecule has 3 aliphatic rings. The number of hydrogen-bond donors (Lipinski definition) is 1. The van der Waals surface area contributed by atoms with Crippen LogP contribution in [0, 0.1) is 11.8 Å². The van der Waals surface area contributed by atoms with Crippen molar-refractivity contribution < 1.29 is 0 Å². The van der Waals surface area contributed by atoms with Crippen molar-refractivity contribution in [3.8, 4) is 0 Å². The normalized spacial score (nSPS) is 32.8. The number of fused-ring (bicyclic) bond motifs is 2. The van der Waals surface area contributed by atoms with Crippen LogP contribution in [0.15, 0.2) is 6.07 Å². The van der Waals surface area contributed by atoms with Gasteiger partial charge in [-0.15, -0.1) is 0 Å². The van der Waals surface area contributed by atoms with Crippen LogP contribution < -0.4 is 5.32 Å². The molecule has 0 aromatic carbocycles. The number of anilines is 1. The molecule has 3 heteroatoms. The third-order valence-electron chi connectivity index (χ3n) is 5.19. The highest BCUT2D eigenvalue weighted by Crippen LogP contribution is 2.52. The third-order valence-corrected chi connectivity index (χ3v) is 5.19. The molecule has 3 aliphatic carbocycles. The molecule has 2 bridgehead atoms. The summed E-state index contributed by atoms with van der Waals surface area (Å²) in [7, 11) is 0. The fraction of sp³-hybridized carbons (Fsp3) is 0.750. The van der Waals surface area contributed by atoms with Gasteiger partial charge in [0.2, 0.25) is 0 Å². The highest BCUT2D eigenvalue weighted by atomic mass is 15.0. The van der Waals surface area contributed by atoms with E-state index in [1.807, 2.05) is 0 Å². The summed E-state index contributed by atoms with van der Waals surface area (Å²) in [5, 5.41) is 3.39. The fourth-order valence-electron chi connectivity index (χ4n) is 4.07. The number of nitrogens with one attached hydrogen (secondary N) is 1. The van der Waals surface area contributed by atoms with Gasteiger partial charge in [-0.2, -0.15) is 0 Å². The smallest absolute Gasteiger partial charge is 0.134 e. The molecule has 4 rings (SSSR count). The molecular formula is C16H23N3. The van der Waals surface area contributed by atoms with Crippen molar-refractivity contribution in [1.29, 1.82) is 0 Å². The summed E-state index contributed by atoms with van der Waals surface area (Å²) >= 11 is 0. The molecule has 0 spiro atoms. The van der Waals surface area contributed by atoms with Gasteiger partial charge < -0.3 is 5.32 Å². The first-order chi connectivity index (χ1) is 9.33. The third kappa shape index (κ3) is 2.13. The summed E-state index contributed by atoms with van der Waals surface area (Å²) in [5.74, 6) is 5.40. The van der Waals surface area contributed by atoms with Gasteiger partial charge in [0.1, 0.15) is 11.6 Å². The lowest BCUT2D eigenvalue weighted by Crippen LogP contribution is -2.14. The predicted octanol–water partition coefficient (Wildman–Crippen LogP) is 3.69. The van der Waals surface area contributed by atoms with Crippen LogP contribution >= 0.6 is 0 Å².